The number of ketones is 1. The Balaban J connectivity index is 1.56. The van der Waals surface area contributed by atoms with Crippen LogP contribution in [-0.4, -0.2) is 31.5 Å². The van der Waals surface area contributed by atoms with Crippen molar-refractivity contribution >= 4 is 28.8 Å². The van der Waals surface area contributed by atoms with Gasteiger partial charge in [0.1, 0.15) is 5.82 Å². The third-order valence-electron chi connectivity index (χ3n) is 7.30. The highest BCUT2D eigenvalue weighted by molar-refractivity contribution is 6.13. The fourth-order valence-corrected chi connectivity index (χ4v) is 5.49. The summed E-state index contributed by atoms with van der Waals surface area (Å²) in [5.41, 5.74) is 5.44. The second kappa shape index (κ2) is 10.1. The topological polar surface area (TPSA) is 61.8 Å². The maximum Gasteiger partial charge on any atom is 0.234 e. The van der Waals surface area contributed by atoms with E-state index in [2.05, 4.69) is 17.4 Å². The Morgan fingerprint density at radius 3 is 2.35 bits per heavy atom. The van der Waals surface area contributed by atoms with E-state index in [1.807, 2.05) is 68.4 Å². The number of halogens is 1. The number of nitrogens with one attached hydrogen (secondary N) is 1. The summed E-state index contributed by atoms with van der Waals surface area (Å²) in [4.78, 5) is 34.2. The van der Waals surface area contributed by atoms with Gasteiger partial charge in [-0.1, -0.05) is 48.5 Å². The molecule has 0 saturated heterocycles. The Bertz CT molecular complexity index is 1390. The number of rotatable bonds is 5. The SMILES string of the molecule is CC1=NC2=C(C(=O)C[C@H](c3ccccc3)C2)[C@@H](c2ccc(N(C)C)cc2)C1C(=O)Nc1cccc(F)c1. The molecular weight excluding hydrogens is 465 g/mol. The third kappa shape index (κ3) is 4.96. The first-order valence-corrected chi connectivity index (χ1v) is 12.5. The van der Waals surface area contributed by atoms with Gasteiger partial charge in [0.15, 0.2) is 5.78 Å². The Morgan fingerprint density at radius 2 is 1.68 bits per heavy atom. The molecule has 0 spiro atoms. The quantitative estimate of drug-likeness (QED) is 0.465. The molecule has 1 amide bonds. The highest BCUT2D eigenvalue weighted by atomic mass is 19.1. The molecule has 0 aromatic heterocycles. The van der Waals surface area contributed by atoms with Gasteiger partial charge in [-0.2, -0.15) is 0 Å². The summed E-state index contributed by atoms with van der Waals surface area (Å²) in [6.07, 6.45) is 1.02. The van der Waals surface area contributed by atoms with Gasteiger partial charge in [-0.15, -0.1) is 0 Å². The highest BCUT2D eigenvalue weighted by Crippen LogP contribution is 2.47. The van der Waals surface area contributed by atoms with Crippen LogP contribution in [0.25, 0.3) is 0 Å². The minimum Gasteiger partial charge on any atom is -0.378 e. The van der Waals surface area contributed by atoms with Gasteiger partial charge in [-0.05, 0) is 60.7 Å². The van der Waals surface area contributed by atoms with E-state index in [9.17, 15) is 14.0 Å². The predicted octanol–water partition coefficient (Wildman–Crippen LogP) is 6.11. The second-order valence-electron chi connectivity index (χ2n) is 9.99. The van der Waals surface area contributed by atoms with Crippen LogP contribution in [0.5, 0.6) is 0 Å². The lowest BCUT2D eigenvalue weighted by molar-refractivity contribution is -0.119. The van der Waals surface area contributed by atoms with E-state index in [1.165, 1.54) is 12.1 Å². The van der Waals surface area contributed by atoms with Crippen molar-refractivity contribution in [3.05, 3.63) is 107 Å². The molecule has 5 nitrogen and oxygen atoms in total. The summed E-state index contributed by atoms with van der Waals surface area (Å²) in [7, 11) is 3.94. The van der Waals surface area contributed by atoms with E-state index in [4.69, 9.17) is 4.99 Å². The smallest absolute Gasteiger partial charge is 0.234 e. The third-order valence-corrected chi connectivity index (χ3v) is 7.30. The van der Waals surface area contributed by atoms with Crippen molar-refractivity contribution in [3.8, 4) is 0 Å². The fourth-order valence-electron chi connectivity index (χ4n) is 5.49. The molecule has 188 valence electrons. The lowest BCUT2D eigenvalue weighted by Gasteiger charge is -2.37. The van der Waals surface area contributed by atoms with Crippen molar-refractivity contribution in [1.82, 2.24) is 0 Å². The molecule has 0 bridgehead atoms. The van der Waals surface area contributed by atoms with Crippen LogP contribution in [0.3, 0.4) is 0 Å². The van der Waals surface area contributed by atoms with Crippen molar-refractivity contribution < 1.29 is 14.0 Å². The standard InChI is InChI=1S/C31H30FN3O2/c1-19-28(31(37)34-24-11-7-10-23(32)18-24)29(21-12-14-25(15-13-21)35(2)3)30-26(33-19)16-22(17-27(30)36)20-8-5-4-6-9-20/h4-15,18,22,28-29H,16-17H2,1-3H3,(H,34,37)/t22-,28?,29+/m1/s1. The molecule has 2 aliphatic rings. The molecule has 1 aliphatic carbocycles. The van der Waals surface area contributed by atoms with Crippen LogP contribution in [0.2, 0.25) is 0 Å². The molecule has 3 aromatic carbocycles. The fraction of sp³-hybridized carbons (Fsp3) is 0.258. The van der Waals surface area contributed by atoms with E-state index in [0.717, 1.165) is 22.5 Å². The minimum absolute atomic E-state index is 0.0246. The molecule has 1 N–H and O–H groups in total. The number of anilines is 2. The first-order valence-electron chi connectivity index (χ1n) is 12.5. The number of carbonyl (C=O) groups is 2. The zero-order valence-corrected chi connectivity index (χ0v) is 21.2. The van der Waals surface area contributed by atoms with Crippen LogP contribution in [0.1, 0.15) is 42.7 Å². The van der Waals surface area contributed by atoms with Gasteiger partial charge >= 0.3 is 0 Å². The number of benzene rings is 3. The molecule has 0 radical (unpaired) electrons. The summed E-state index contributed by atoms with van der Waals surface area (Å²) in [6.45, 7) is 1.84. The number of carbonyl (C=O) groups excluding carboxylic acids is 2. The molecule has 1 heterocycles. The van der Waals surface area contributed by atoms with Gasteiger partial charge < -0.3 is 10.2 Å². The van der Waals surface area contributed by atoms with Crippen molar-refractivity contribution in [3.63, 3.8) is 0 Å². The lowest BCUT2D eigenvalue weighted by atomic mass is 9.69. The van der Waals surface area contributed by atoms with Crippen molar-refractivity contribution in [1.29, 1.82) is 0 Å². The van der Waals surface area contributed by atoms with Crippen LogP contribution < -0.4 is 10.2 Å². The minimum atomic E-state index is -0.690. The van der Waals surface area contributed by atoms with Crippen LogP contribution in [-0.2, 0) is 9.59 Å². The summed E-state index contributed by atoms with van der Waals surface area (Å²) < 4.78 is 13.8. The molecule has 1 unspecified atom stereocenters. The Labute approximate surface area is 216 Å². The van der Waals surface area contributed by atoms with Gasteiger partial charge in [0, 0.05) is 54.8 Å². The molecule has 0 saturated carbocycles. The van der Waals surface area contributed by atoms with E-state index in [-0.39, 0.29) is 17.6 Å². The monoisotopic (exact) mass is 495 g/mol. The Kier molecular flexibility index (Phi) is 6.74. The summed E-state index contributed by atoms with van der Waals surface area (Å²) in [6, 6.07) is 23.8. The second-order valence-corrected chi connectivity index (χ2v) is 9.99. The van der Waals surface area contributed by atoms with Crippen LogP contribution >= 0.6 is 0 Å². The number of allylic oxidation sites excluding steroid dienone is 2. The normalized spacial score (nSPS) is 21.2. The van der Waals surface area contributed by atoms with Crippen molar-refractivity contribution in [2.24, 2.45) is 10.9 Å². The molecule has 3 atom stereocenters. The molecular formula is C31H30FN3O2. The molecule has 3 aromatic rings. The van der Waals surface area contributed by atoms with Crippen LogP contribution in [0.15, 0.2) is 95.1 Å². The maximum atomic E-state index is 13.8. The van der Waals surface area contributed by atoms with Crippen molar-refractivity contribution in [2.45, 2.75) is 31.6 Å². The van der Waals surface area contributed by atoms with E-state index in [0.29, 0.717) is 29.8 Å². The Hall–Kier alpha value is -4.06. The molecule has 6 heteroatoms. The molecule has 5 rings (SSSR count). The first-order chi connectivity index (χ1) is 17.8. The van der Waals surface area contributed by atoms with Crippen LogP contribution in [0, 0.1) is 11.7 Å². The lowest BCUT2D eigenvalue weighted by Crippen LogP contribution is -2.39. The van der Waals surface area contributed by atoms with E-state index < -0.39 is 17.7 Å². The molecule has 0 fully saturated rings. The average molecular weight is 496 g/mol. The molecule has 37 heavy (non-hydrogen) atoms. The zero-order valence-electron chi connectivity index (χ0n) is 21.2. The summed E-state index contributed by atoms with van der Waals surface area (Å²) in [5.74, 6) is -1.82. The zero-order chi connectivity index (χ0) is 26.1. The highest BCUT2D eigenvalue weighted by Gasteiger charge is 2.44. The largest absolute Gasteiger partial charge is 0.378 e. The molecule has 1 aliphatic heterocycles. The predicted molar refractivity (Wildman–Crippen MR) is 146 cm³/mol. The van der Waals surface area contributed by atoms with Crippen LogP contribution in [0.4, 0.5) is 15.8 Å². The van der Waals surface area contributed by atoms with Gasteiger partial charge in [0.05, 0.1) is 5.92 Å². The summed E-state index contributed by atoms with van der Waals surface area (Å²) in [5, 5.41) is 2.86. The van der Waals surface area contributed by atoms with Crippen molar-refractivity contribution in [2.75, 3.05) is 24.3 Å². The number of amides is 1. The number of Topliss-reactive ketones (excluding diaryl/α,β-unsaturated/α-hetero) is 1. The van der Waals surface area contributed by atoms with E-state index in [1.54, 1.807) is 12.1 Å². The summed E-state index contributed by atoms with van der Waals surface area (Å²) >= 11 is 0. The van der Waals surface area contributed by atoms with Gasteiger partial charge in [0.2, 0.25) is 5.91 Å². The number of hydrogen-bond donors (Lipinski definition) is 1. The van der Waals surface area contributed by atoms with E-state index >= 15 is 0 Å². The van der Waals surface area contributed by atoms with Gasteiger partial charge in [0.25, 0.3) is 0 Å². The maximum absolute atomic E-state index is 13.8. The van der Waals surface area contributed by atoms with Gasteiger partial charge in [-0.3, -0.25) is 14.6 Å². The average Bonchev–Trinajstić information content (AvgIpc) is 2.88. The van der Waals surface area contributed by atoms with Gasteiger partial charge in [-0.25, -0.2) is 4.39 Å². The number of hydrogen-bond acceptors (Lipinski definition) is 4. The number of aliphatic imine (C=N–C) groups is 1. The number of nitrogens with zero attached hydrogens (tertiary/aromatic N) is 2. The first kappa shape index (κ1) is 24.6. The Morgan fingerprint density at radius 1 is 0.946 bits per heavy atom.